The Balaban J connectivity index is 2.29. The molecule has 5 nitrogen and oxygen atoms in total. The number of aromatic nitrogens is 4. The molecular formula is C15H23ClN4O. The summed E-state index contributed by atoms with van der Waals surface area (Å²) in [6.45, 7) is 7.29. The normalized spacial score (nSPS) is 13.0. The van der Waals surface area contributed by atoms with Crippen LogP contribution in [-0.2, 0) is 6.54 Å². The largest absolute Gasteiger partial charge is 0.479 e. The third kappa shape index (κ3) is 3.64. The standard InChI is InChI=1S/C15H23ClN4O/c1-10(2)7-5-6-8-20-13(11(3)16)19-12-14(20)17-9-18-15(12)21-4/h9-11H,5-8H2,1-4H3. The van der Waals surface area contributed by atoms with Crippen LogP contribution in [0.25, 0.3) is 11.2 Å². The third-order valence-corrected chi connectivity index (χ3v) is 3.69. The summed E-state index contributed by atoms with van der Waals surface area (Å²) in [7, 11) is 1.59. The number of methoxy groups -OCH3 is 1. The van der Waals surface area contributed by atoms with Gasteiger partial charge in [0.05, 0.1) is 12.5 Å². The van der Waals surface area contributed by atoms with E-state index < -0.39 is 0 Å². The number of alkyl halides is 1. The van der Waals surface area contributed by atoms with Crippen molar-refractivity contribution in [3.8, 4) is 5.88 Å². The number of halogens is 1. The second-order valence-corrected chi connectivity index (χ2v) is 6.34. The molecular weight excluding hydrogens is 288 g/mol. The molecule has 0 saturated heterocycles. The molecule has 0 aliphatic rings. The van der Waals surface area contributed by atoms with Crippen molar-refractivity contribution in [1.29, 1.82) is 0 Å². The lowest BCUT2D eigenvalue weighted by Gasteiger charge is -2.10. The van der Waals surface area contributed by atoms with Crippen LogP contribution in [0, 0.1) is 5.92 Å². The van der Waals surface area contributed by atoms with Gasteiger partial charge in [-0.15, -0.1) is 11.6 Å². The Kier molecular flexibility index (Phi) is 5.39. The van der Waals surface area contributed by atoms with Gasteiger partial charge in [-0.1, -0.05) is 26.7 Å². The summed E-state index contributed by atoms with van der Waals surface area (Å²) in [4.78, 5) is 13.0. The molecule has 6 heteroatoms. The number of hydrogen-bond donors (Lipinski definition) is 0. The molecule has 0 N–H and O–H groups in total. The van der Waals surface area contributed by atoms with Crippen molar-refractivity contribution >= 4 is 22.8 Å². The van der Waals surface area contributed by atoms with Gasteiger partial charge in [0.2, 0.25) is 5.88 Å². The molecule has 21 heavy (non-hydrogen) atoms. The molecule has 116 valence electrons. The number of unbranched alkanes of at least 4 members (excludes halogenated alkanes) is 1. The SMILES string of the molecule is COc1ncnc2c1nc(C(C)Cl)n2CCCCC(C)C. The van der Waals surface area contributed by atoms with Gasteiger partial charge in [0.1, 0.15) is 12.2 Å². The fourth-order valence-electron chi connectivity index (χ4n) is 2.43. The number of imidazole rings is 1. The van der Waals surface area contributed by atoms with Crippen molar-refractivity contribution in [2.75, 3.05) is 7.11 Å². The summed E-state index contributed by atoms with van der Waals surface area (Å²) in [6.07, 6.45) is 5.02. The maximum atomic E-state index is 6.27. The number of hydrogen-bond acceptors (Lipinski definition) is 4. The van der Waals surface area contributed by atoms with Crippen molar-refractivity contribution < 1.29 is 4.74 Å². The maximum absolute atomic E-state index is 6.27. The summed E-state index contributed by atoms with van der Waals surface area (Å²) < 4.78 is 7.36. The zero-order chi connectivity index (χ0) is 15.4. The number of ether oxygens (including phenoxy) is 1. The first-order valence-corrected chi connectivity index (χ1v) is 7.87. The van der Waals surface area contributed by atoms with Gasteiger partial charge in [0.25, 0.3) is 0 Å². The van der Waals surface area contributed by atoms with Gasteiger partial charge < -0.3 is 9.30 Å². The van der Waals surface area contributed by atoms with Gasteiger partial charge >= 0.3 is 0 Å². The lowest BCUT2D eigenvalue weighted by molar-refractivity contribution is 0.401. The Bertz CT molecular complexity index is 595. The average Bonchev–Trinajstić information content (AvgIpc) is 2.82. The van der Waals surface area contributed by atoms with Gasteiger partial charge in [-0.05, 0) is 19.3 Å². The van der Waals surface area contributed by atoms with Crippen LogP contribution in [0.4, 0.5) is 0 Å². The molecule has 2 aromatic heterocycles. The van der Waals surface area contributed by atoms with Gasteiger partial charge in [-0.25, -0.2) is 9.97 Å². The van der Waals surface area contributed by atoms with E-state index in [0.717, 1.165) is 30.4 Å². The quantitative estimate of drug-likeness (QED) is 0.574. The molecule has 0 aromatic carbocycles. The average molecular weight is 311 g/mol. The Morgan fingerprint density at radius 2 is 2.00 bits per heavy atom. The Morgan fingerprint density at radius 3 is 2.62 bits per heavy atom. The van der Waals surface area contributed by atoms with E-state index >= 15 is 0 Å². The highest BCUT2D eigenvalue weighted by molar-refractivity contribution is 6.20. The number of aryl methyl sites for hydroxylation is 1. The Hall–Kier alpha value is -1.36. The first-order valence-electron chi connectivity index (χ1n) is 7.43. The van der Waals surface area contributed by atoms with E-state index in [1.165, 1.54) is 19.2 Å². The lowest BCUT2D eigenvalue weighted by Crippen LogP contribution is -2.06. The second-order valence-electron chi connectivity index (χ2n) is 5.68. The van der Waals surface area contributed by atoms with E-state index in [1.807, 2.05) is 6.92 Å². The molecule has 0 amide bonds. The zero-order valence-electron chi connectivity index (χ0n) is 13.1. The van der Waals surface area contributed by atoms with Crippen LogP contribution in [0.3, 0.4) is 0 Å². The van der Waals surface area contributed by atoms with Crippen molar-refractivity contribution in [2.24, 2.45) is 5.92 Å². The summed E-state index contributed by atoms with van der Waals surface area (Å²) in [5.41, 5.74) is 1.49. The predicted molar refractivity (Wildman–Crippen MR) is 84.8 cm³/mol. The minimum atomic E-state index is -0.172. The molecule has 2 aromatic rings. The summed E-state index contributed by atoms with van der Waals surface area (Å²) in [5.74, 6) is 2.06. The topological polar surface area (TPSA) is 52.8 Å². The van der Waals surface area contributed by atoms with Crippen molar-refractivity contribution in [1.82, 2.24) is 19.5 Å². The van der Waals surface area contributed by atoms with E-state index in [1.54, 1.807) is 7.11 Å². The van der Waals surface area contributed by atoms with E-state index in [0.29, 0.717) is 11.4 Å². The van der Waals surface area contributed by atoms with Crippen LogP contribution < -0.4 is 4.74 Å². The van der Waals surface area contributed by atoms with Gasteiger partial charge in [-0.3, -0.25) is 0 Å². The third-order valence-electron chi connectivity index (χ3n) is 3.49. The van der Waals surface area contributed by atoms with E-state index in [2.05, 4.69) is 33.4 Å². The first kappa shape index (κ1) is 16.0. The minimum absolute atomic E-state index is 0.172. The highest BCUT2D eigenvalue weighted by atomic mass is 35.5. The first-order chi connectivity index (χ1) is 10.0. The zero-order valence-corrected chi connectivity index (χ0v) is 13.9. The van der Waals surface area contributed by atoms with Crippen LogP contribution >= 0.6 is 11.6 Å². The molecule has 2 rings (SSSR count). The molecule has 0 aliphatic heterocycles. The highest BCUT2D eigenvalue weighted by Gasteiger charge is 2.18. The molecule has 2 heterocycles. The fourth-order valence-corrected chi connectivity index (χ4v) is 2.60. The lowest BCUT2D eigenvalue weighted by atomic mass is 10.1. The predicted octanol–water partition coefficient (Wildman–Crippen LogP) is 3.96. The number of rotatable bonds is 7. The van der Waals surface area contributed by atoms with Crippen LogP contribution in [0.5, 0.6) is 5.88 Å². The van der Waals surface area contributed by atoms with Gasteiger partial charge in [0.15, 0.2) is 11.2 Å². The Labute approximate surface area is 130 Å². The van der Waals surface area contributed by atoms with Crippen LogP contribution in [0.2, 0.25) is 0 Å². The van der Waals surface area contributed by atoms with Gasteiger partial charge in [-0.2, -0.15) is 4.98 Å². The summed E-state index contributed by atoms with van der Waals surface area (Å²) in [5, 5.41) is -0.172. The van der Waals surface area contributed by atoms with Crippen LogP contribution in [0.1, 0.15) is 51.2 Å². The van der Waals surface area contributed by atoms with Crippen molar-refractivity contribution in [3.05, 3.63) is 12.2 Å². The van der Waals surface area contributed by atoms with Crippen LogP contribution in [-0.4, -0.2) is 26.6 Å². The highest BCUT2D eigenvalue weighted by Crippen LogP contribution is 2.27. The Morgan fingerprint density at radius 1 is 1.24 bits per heavy atom. The van der Waals surface area contributed by atoms with E-state index in [4.69, 9.17) is 16.3 Å². The van der Waals surface area contributed by atoms with Gasteiger partial charge in [0, 0.05) is 6.54 Å². The number of fused-ring (bicyclic) bond motifs is 1. The fraction of sp³-hybridized carbons (Fsp3) is 0.667. The van der Waals surface area contributed by atoms with Crippen LogP contribution in [0.15, 0.2) is 6.33 Å². The molecule has 0 bridgehead atoms. The summed E-state index contributed by atoms with van der Waals surface area (Å²) >= 11 is 6.27. The molecule has 1 unspecified atom stereocenters. The monoisotopic (exact) mass is 310 g/mol. The smallest absolute Gasteiger partial charge is 0.245 e. The molecule has 0 saturated carbocycles. The second kappa shape index (κ2) is 7.07. The number of nitrogens with zero attached hydrogens (tertiary/aromatic N) is 4. The van der Waals surface area contributed by atoms with E-state index in [9.17, 15) is 0 Å². The molecule has 0 spiro atoms. The molecule has 1 atom stereocenters. The van der Waals surface area contributed by atoms with E-state index in [-0.39, 0.29) is 5.38 Å². The molecule has 0 aliphatic carbocycles. The minimum Gasteiger partial charge on any atom is -0.479 e. The van der Waals surface area contributed by atoms with Crippen molar-refractivity contribution in [3.63, 3.8) is 0 Å². The molecule has 0 radical (unpaired) electrons. The van der Waals surface area contributed by atoms with Crippen molar-refractivity contribution in [2.45, 2.75) is 52.0 Å². The maximum Gasteiger partial charge on any atom is 0.245 e. The molecule has 0 fully saturated rings. The summed E-state index contributed by atoms with van der Waals surface area (Å²) in [6, 6.07) is 0.